The molecule has 0 saturated carbocycles. The number of hydrogen-bond donors (Lipinski definition) is 0. The molecule has 0 aliphatic heterocycles. The summed E-state index contributed by atoms with van der Waals surface area (Å²) in [7, 11) is 0.455. The Labute approximate surface area is 184 Å². The molecule has 0 spiro atoms. The standard InChI is InChI=1S/C15H18O4P2.C7H9OP/c1-13(17-21-19-15-10-6-3-7-11-15)12-16-20-18-14-8-4-2-5-9-14;1-9-8-7-5-3-2-4-6-7/h2-11,13,20-21H,12H2,1H3;2-6,9H,1H3. The topological polar surface area (TPSA) is 46.2 Å². The van der Waals surface area contributed by atoms with E-state index in [0.29, 0.717) is 15.4 Å². The first-order valence-corrected chi connectivity index (χ1v) is 12.4. The first-order valence-electron chi connectivity index (χ1n) is 9.38. The van der Waals surface area contributed by atoms with E-state index in [1.54, 1.807) is 0 Å². The van der Waals surface area contributed by atoms with Crippen molar-refractivity contribution in [3.8, 4) is 17.2 Å². The van der Waals surface area contributed by atoms with E-state index in [9.17, 15) is 0 Å². The van der Waals surface area contributed by atoms with Gasteiger partial charge in [-0.1, -0.05) is 54.6 Å². The lowest BCUT2D eigenvalue weighted by molar-refractivity contribution is 0.157. The minimum absolute atomic E-state index is 0.0373. The van der Waals surface area contributed by atoms with Crippen LogP contribution in [0.2, 0.25) is 0 Å². The lowest BCUT2D eigenvalue weighted by Crippen LogP contribution is -2.10. The molecule has 0 radical (unpaired) electrons. The number of benzene rings is 3. The van der Waals surface area contributed by atoms with Gasteiger partial charge < -0.3 is 22.6 Å². The molecule has 0 bridgehead atoms. The summed E-state index contributed by atoms with van der Waals surface area (Å²) in [6.45, 7) is 4.41. The van der Waals surface area contributed by atoms with Gasteiger partial charge in [-0.15, -0.1) is 0 Å². The van der Waals surface area contributed by atoms with Crippen molar-refractivity contribution in [2.75, 3.05) is 13.3 Å². The number of hydrogen-bond acceptors (Lipinski definition) is 5. The van der Waals surface area contributed by atoms with Crippen LogP contribution in [-0.4, -0.2) is 19.4 Å². The Morgan fingerprint density at radius 1 is 0.633 bits per heavy atom. The van der Waals surface area contributed by atoms with Gasteiger partial charge in [-0.3, -0.25) is 0 Å². The lowest BCUT2D eigenvalue weighted by atomic mass is 10.3. The van der Waals surface area contributed by atoms with Crippen LogP contribution in [0.3, 0.4) is 0 Å². The average molecular weight is 464 g/mol. The predicted molar refractivity (Wildman–Crippen MR) is 129 cm³/mol. The maximum absolute atomic E-state index is 5.53. The van der Waals surface area contributed by atoms with Crippen molar-refractivity contribution in [2.24, 2.45) is 0 Å². The highest BCUT2D eigenvalue weighted by molar-refractivity contribution is 7.31. The van der Waals surface area contributed by atoms with Gasteiger partial charge >= 0.3 is 0 Å². The van der Waals surface area contributed by atoms with E-state index >= 15 is 0 Å². The van der Waals surface area contributed by atoms with E-state index in [-0.39, 0.29) is 24.2 Å². The molecule has 3 aromatic rings. The molecule has 8 heteroatoms. The van der Waals surface area contributed by atoms with Crippen LogP contribution < -0.4 is 13.6 Å². The third-order valence-electron chi connectivity index (χ3n) is 3.39. The van der Waals surface area contributed by atoms with Crippen LogP contribution in [0, 0.1) is 0 Å². The normalized spacial score (nSPS) is 12.2. The third kappa shape index (κ3) is 11.5. The van der Waals surface area contributed by atoms with Gasteiger partial charge in [0.05, 0.1) is 21.5 Å². The van der Waals surface area contributed by atoms with Gasteiger partial charge in [-0.05, 0) is 50.0 Å². The molecular formula is C22H27O5P3. The Morgan fingerprint density at radius 2 is 1.07 bits per heavy atom. The van der Waals surface area contributed by atoms with E-state index in [2.05, 4.69) is 0 Å². The number of para-hydroxylation sites is 3. The first-order chi connectivity index (χ1) is 14.8. The van der Waals surface area contributed by atoms with Gasteiger partial charge in [0.15, 0.2) is 0 Å². The van der Waals surface area contributed by atoms with E-state index < -0.39 is 0 Å². The molecule has 4 atom stereocenters. The molecule has 0 amide bonds. The van der Waals surface area contributed by atoms with E-state index in [1.165, 1.54) is 0 Å². The zero-order valence-electron chi connectivity index (χ0n) is 17.0. The molecule has 160 valence electrons. The van der Waals surface area contributed by atoms with Crippen LogP contribution >= 0.6 is 26.9 Å². The fourth-order valence-corrected chi connectivity index (χ4v) is 3.48. The second kappa shape index (κ2) is 16.0. The van der Waals surface area contributed by atoms with Gasteiger partial charge in [-0.25, -0.2) is 0 Å². The summed E-state index contributed by atoms with van der Waals surface area (Å²) in [5, 5.41) is 0. The SMILES string of the molecule is CC(COPOc1ccccc1)OPOc1ccccc1.CPOc1ccccc1. The van der Waals surface area contributed by atoms with Crippen molar-refractivity contribution in [1.29, 1.82) is 0 Å². The zero-order chi connectivity index (χ0) is 21.3. The van der Waals surface area contributed by atoms with Crippen molar-refractivity contribution in [2.45, 2.75) is 13.0 Å². The monoisotopic (exact) mass is 464 g/mol. The van der Waals surface area contributed by atoms with Gasteiger partial charge in [0.1, 0.15) is 17.2 Å². The molecule has 5 nitrogen and oxygen atoms in total. The second-order valence-corrected chi connectivity index (χ2v) is 7.73. The molecule has 0 aliphatic rings. The molecule has 30 heavy (non-hydrogen) atoms. The quantitative estimate of drug-likeness (QED) is 0.229. The molecule has 0 heterocycles. The van der Waals surface area contributed by atoms with Crippen LogP contribution in [0.5, 0.6) is 17.2 Å². The van der Waals surface area contributed by atoms with Crippen molar-refractivity contribution < 1.29 is 22.6 Å². The van der Waals surface area contributed by atoms with Gasteiger partial charge in [-0.2, -0.15) is 0 Å². The molecule has 3 rings (SSSR count). The number of rotatable bonds is 11. The Bertz CT molecular complexity index is 779. The molecule has 0 aromatic heterocycles. The Kier molecular flexibility index (Phi) is 13.1. The average Bonchev–Trinajstić information content (AvgIpc) is 2.80. The van der Waals surface area contributed by atoms with Crippen LogP contribution in [0.4, 0.5) is 0 Å². The van der Waals surface area contributed by atoms with Crippen LogP contribution in [0.15, 0.2) is 91.0 Å². The van der Waals surface area contributed by atoms with Gasteiger partial charge in [0.25, 0.3) is 0 Å². The summed E-state index contributed by atoms with van der Waals surface area (Å²) in [5.74, 6) is 2.57. The van der Waals surface area contributed by atoms with Crippen molar-refractivity contribution >= 4 is 26.9 Å². The first kappa shape index (κ1) is 24.5. The Balaban J connectivity index is 0.000000297. The Hall–Kier alpha value is -1.73. The maximum atomic E-state index is 5.53. The van der Waals surface area contributed by atoms with Crippen LogP contribution in [0.25, 0.3) is 0 Å². The molecule has 0 N–H and O–H groups in total. The van der Waals surface area contributed by atoms with Crippen molar-refractivity contribution in [3.05, 3.63) is 91.0 Å². The van der Waals surface area contributed by atoms with Crippen molar-refractivity contribution in [1.82, 2.24) is 0 Å². The van der Waals surface area contributed by atoms with E-state index in [1.807, 2.05) is 105 Å². The largest absolute Gasteiger partial charge is 0.477 e. The van der Waals surface area contributed by atoms with Gasteiger partial charge in [0, 0.05) is 0 Å². The summed E-state index contributed by atoms with van der Waals surface area (Å²) in [6, 6.07) is 29.0. The predicted octanol–water partition coefficient (Wildman–Crippen LogP) is 6.87. The minimum Gasteiger partial charge on any atom is -0.477 e. The smallest absolute Gasteiger partial charge is 0.215 e. The third-order valence-corrected chi connectivity index (χ3v) is 5.26. The van der Waals surface area contributed by atoms with Crippen LogP contribution in [-0.2, 0) is 9.05 Å². The Morgan fingerprint density at radius 3 is 1.53 bits per heavy atom. The van der Waals surface area contributed by atoms with Gasteiger partial charge in [0.2, 0.25) is 18.1 Å². The molecule has 4 unspecified atom stereocenters. The summed E-state index contributed by atoms with van der Waals surface area (Å²) in [5.41, 5.74) is 0. The summed E-state index contributed by atoms with van der Waals surface area (Å²) in [4.78, 5) is 0. The van der Waals surface area contributed by atoms with Crippen molar-refractivity contribution in [3.63, 3.8) is 0 Å². The molecule has 0 fully saturated rings. The zero-order valence-corrected chi connectivity index (χ0v) is 20.0. The lowest BCUT2D eigenvalue weighted by Gasteiger charge is -2.13. The van der Waals surface area contributed by atoms with E-state index in [0.717, 1.165) is 17.2 Å². The fourth-order valence-electron chi connectivity index (χ4n) is 2.00. The molecular weight excluding hydrogens is 437 g/mol. The maximum Gasteiger partial charge on any atom is 0.215 e. The molecule has 0 saturated heterocycles. The fraction of sp³-hybridized carbons (Fsp3) is 0.182. The summed E-state index contributed by atoms with van der Waals surface area (Å²) < 4.78 is 27.1. The summed E-state index contributed by atoms with van der Waals surface area (Å²) in [6.07, 6.45) is -0.0427. The highest BCUT2D eigenvalue weighted by Crippen LogP contribution is 2.25. The summed E-state index contributed by atoms with van der Waals surface area (Å²) >= 11 is 0. The molecule has 3 aromatic carbocycles. The van der Waals surface area contributed by atoms with Crippen LogP contribution in [0.1, 0.15) is 6.92 Å². The second-order valence-electron chi connectivity index (χ2n) is 5.86. The highest BCUT2D eigenvalue weighted by Gasteiger charge is 2.04. The van der Waals surface area contributed by atoms with E-state index in [4.69, 9.17) is 22.6 Å². The molecule has 0 aliphatic carbocycles. The minimum atomic E-state index is -0.0430. The highest BCUT2D eigenvalue weighted by atomic mass is 31.1.